The van der Waals surface area contributed by atoms with Crippen LogP contribution in [0.15, 0.2) is 0 Å². The van der Waals surface area contributed by atoms with E-state index in [-0.39, 0.29) is 12.8 Å². The van der Waals surface area contributed by atoms with Crippen LogP contribution in [0.1, 0.15) is 44.9 Å². The number of carboxylic acid groups (broad SMARTS) is 1. The first-order valence-corrected chi connectivity index (χ1v) is 5.26. The number of carbonyl (C=O) groups is 1. The van der Waals surface area contributed by atoms with Crippen LogP contribution >= 0.6 is 0 Å². The second-order valence-electron chi connectivity index (χ2n) is 3.73. The molecule has 0 radical (unpaired) electrons. The Morgan fingerprint density at radius 1 is 1.06 bits per heavy atom. The maximum absolute atomic E-state index is 12.5. The number of aliphatic carboxylic acids is 1. The average molecular weight is 244 g/mol. The lowest BCUT2D eigenvalue weighted by molar-refractivity contribution is -0.143. The van der Waals surface area contributed by atoms with Crippen molar-refractivity contribution in [3.8, 4) is 0 Å². The standard InChI is InChI=1S/C10H16F4O2/c11-8(9(15)16)6-4-2-1-3-5-7-10(12,13)14/h8H,1-7H2,(H,15,16). The van der Waals surface area contributed by atoms with Crippen LogP contribution in [0.25, 0.3) is 0 Å². The maximum Gasteiger partial charge on any atom is 0.389 e. The minimum atomic E-state index is -4.10. The van der Waals surface area contributed by atoms with Crippen molar-refractivity contribution >= 4 is 5.97 Å². The fourth-order valence-corrected chi connectivity index (χ4v) is 1.30. The molecule has 0 saturated carbocycles. The van der Waals surface area contributed by atoms with E-state index in [9.17, 15) is 22.4 Å². The quantitative estimate of drug-likeness (QED) is 0.522. The normalized spacial score (nSPS) is 13.8. The third-order valence-corrected chi connectivity index (χ3v) is 2.19. The third-order valence-electron chi connectivity index (χ3n) is 2.19. The van der Waals surface area contributed by atoms with Gasteiger partial charge in [0.15, 0.2) is 6.17 Å². The van der Waals surface area contributed by atoms with Crippen molar-refractivity contribution in [1.29, 1.82) is 0 Å². The molecule has 2 nitrogen and oxygen atoms in total. The predicted molar refractivity (Wildman–Crippen MR) is 50.9 cm³/mol. The fraction of sp³-hybridized carbons (Fsp3) is 0.900. The first-order chi connectivity index (χ1) is 7.33. The molecule has 1 unspecified atom stereocenters. The maximum atomic E-state index is 12.5. The molecule has 1 N–H and O–H groups in total. The van der Waals surface area contributed by atoms with Crippen molar-refractivity contribution in [2.45, 2.75) is 57.3 Å². The molecular weight excluding hydrogens is 228 g/mol. The smallest absolute Gasteiger partial charge is 0.389 e. The second kappa shape index (κ2) is 7.46. The number of alkyl halides is 4. The zero-order chi connectivity index (χ0) is 12.6. The van der Waals surface area contributed by atoms with E-state index in [1.807, 2.05) is 0 Å². The number of hydrogen-bond donors (Lipinski definition) is 1. The molecule has 0 bridgehead atoms. The van der Waals surface area contributed by atoms with Crippen LogP contribution in [0.5, 0.6) is 0 Å². The topological polar surface area (TPSA) is 37.3 Å². The summed E-state index contributed by atoms with van der Waals surface area (Å²) in [6, 6.07) is 0. The second-order valence-corrected chi connectivity index (χ2v) is 3.73. The minimum Gasteiger partial charge on any atom is -0.479 e. The van der Waals surface area contributed by atoms with Crippen molar-refractivity contribution in [3.63, 3.8) is 0 Å². The molecule has 0 aliphatic carbocycles. The summed E-state index contributed by atoms with van der Waals surface area (Å²) < 4.78 is 47.6. The van der Waals surface area contributed by atoms with Crippen molar-refractivity contribution in [2.75, 3.05) is 0 Å². The van der Waals surface area contributed by atoms with Crippen LogP contribution in [0.4, 0.5) is 17.6 Å². The summed E-state index contributed by atoms with van der Waals surface area (Å²) in [6.07, 6.45) is -4.70. The van der Waals surface area contributed by atoms with Gasteiger partial charge in [-0.05, 0) is 19.3 Å². The molecule has 0 amide bonds. The first-order valence-electron chi connectivity index (χ1n) is 5.26. The van der Waals surface area contributed by atoms with Gasteiger partial charge in [0.05, 0.1) is 0 Å². The van der Waals surface area contributed by atoms with Crippen molar-refractivity contribution in [2.24, 2.45) is 0 Å². The Balaban J connectivity index is 3.25. The summed E-state index contributed by atoms with van der Waals surface area (Å²) in [4.78, 5) is 10.1. The van der Waals surface area contributed by atoms with Gasteiger partial charge in [-0.15, -0.1) is 0 Å². The molecule has 96 valence electrons. The van der Waals surface area contributed by atoms with Crippen LogP contribution in [0.2, 0.25) is 0 Å². The minimum absolute atomic E-state index is 0.0609. The highest BCUT2D eigenvalue weighted by Gasteiger charge is 2.25. The summed E-state index contributed by atoms with van der Waals surface area (Å²) in [5, 5.41) is 8.21. The highest BCUT2D eigenvalue weighted by atomic mass is 19.4. The molecule has 6 heteroatoms. The van der Waals surface area contributed by atoms with Crippen molar-refractivity contribution < 1.29 is 27.5 Å². The highest BCUT2D eigenvalue weighted by molar-refractivity contribution is 5.71. The largest absolute Gasteiger partial charge is 0.479 e. The zero-order valence-corrected chi connectivity index (χ0v) is 8.89. The molecule has 0 aliphatic heterocycles. The van der Waals surface area contributed by atoms with Gasteiger partial charge in [0.2, 0.25) is 0 Å². The lowest BCUT2D eigenvalue weighted by Gasteiger charge is -2.06. The third kappa shape index (κ3) is 9.73. The molecule has 0 aromatic rings. The number of halogens is 4. The Morgan fingerprint density at radius 2 is 1.56 bits per heavy atom. The van der Waals surface area contributed by atoms with E-state index in [1.165, 1.54) is 0 Å². The van der Waals surface area contributed by atoms with Gasteiger partial charge in [-0.2, -0.15) is 13.2 Å². The SMILES string of the molecule is O=C(O)C(F)CCCCCCCC(F)(F)F. The van der Waals surface area contributed by atoms with Gasteiger partial charge in [-0.25, -0.2) is 9.18 Å². The average Bonchev–Trinajstić information content (AvgIpc) is 2.14. The summed E-state index contributed by atoms with van der Waals surface area (Å²) in [6.45, 7) is 0. The van der Waals surface area contributed by atoms with Gasteiger partial charge >= 0.3 is 12.1 Å². The van der Waals surface area contributed by atoms with Gasteiger partial charge in [-0.3, -0.25) is 0 Å². The lowest BCUT2D eigenvalue weighted by Crippen LogP contribution is -2.13. The number of rotatable bonds is 8. The first kappa shape index (κ1) is 15.2. The molecule has 1 atom stereocenters. The Labute approximate surface area is 91.6 Å². The molecule has 0 aromatic heterocycles. The van der Waals surface area contributed by atoms with Gasteiger partial charge < -0.3 is 5.11 Å². The van der Waals surface area contributed by atoms with Crippen LogP contribution in [-0.4, -0.2) is 23.4 Å². The van der Waals surface area contributed by atoms with Crippen LogP contribution in [-0.2, 0) is 4.79 Å². The number of unbranched alkanes of at least 4 members (excludes halogenated alkanes) is 4. The van der Waals surface area contributed by atoms with E-state index in [2.05, 4.69) is 0 Å². The lowest BCUT2D eigenvalue weighted by atomic mass is 10.1. The Morgan fingerprint density at radius 3 is 2.06 bits per heavy atom. The Bertz CT molecular complexity index is 203. The fourth-order valence-electron chi connectivity index (χ4n) is 1.30. The monoisotopic (exact) mass is 244 g/mol. The van der Waals surface area contributed by atoms with Crippen molar-refractivity contribution in [1.82, 2.24) is 0 Å². The van der Waals surface area contributed by atoms with Crippen molar-refractivity contribution in [3.05, 3.63) is 0 Å². The van der Waals surface area contributed by atoms with Gasteiger partial charge in [0.25, 0.3) is 0 Å². The summed E-state index contributed by atoms with van der Waals surface area (Å²) in [5.41, 5.74) is 0. The molecule has 0 heterocycles. The molecule has 0 aliphatic rings. The molecule has 0 rings (SSSR count). The Kier molecular flexibility index (Phi) is 7.08. The van der Waals surface area contributed by atoms with E-state index in [1.54, 1.807) is 0 Å². The van der Waals surface area contributed by atoms with Crippen LogP contribution < -0.4 is 0 Å². The van der Waals surface area contributed by atoms with E-state index in [0.29, 0.717) is 25.7 Å². The number of carboxylic acids is 1. The van der Waals surface area contributed by atoms with Crippen LogP contribution in [0.3, 0.4) is 0 Å². The van der Waals surface area contributed by atoms with Gasteiger partial charge in [-0.1, -0.05) is 19.3 Å². The van der Waals surface area contributed by atoms with E-state index >= 15 is 0 Å². The zero-order valence-electron chi connectivity index (χ0n) is 8.89. The van der Waals surface area contributed by atoms with Gasteiger partial charge in [0.1, 0.15) is 0 Å². The summed E-state index contributed by atoms with van der Waals surface area (Å²) in [5.74, 6) is -1.47. The molecule has 16 heavy (non-hydrogen) atoms. The molecule has 0 aromatic carbocycles. The van der Waals surface area contributed by atoms with Gasteiger partial charge in [0, 0.05) is 6.42 Å². The van der Waals surface area contributed by atoms with E-state index in [4.69, 9.17) is 5.11 Å². The molecule has 0 spiro atoms. The molecule has 0 saturated heterocycles. The summed E-state index contributed by atoms with van der Waals surface area (Å²) >= 11 is 0. The van der Waals surface area contributed by atoms with E-state index in [0.717, 1.165) is 0 Å². The number of hydrogen-bond acceptors (Lipinski definition) is 1. The molecular formula is C10H16F4O2. The molecule has 0 fully saturated rings. The van der Waals surface area contributed by atoms with E-state index < -0.39 is 24.7 Å². The summed E-state index contributed by atoms with van der Waals surface area (Å²) in [7, 11) is 0. The van der Waals surface area contributed by atoms with Crippen LogP contribution in [0, 0.1) is 0 Å². The predicted octanol–water partition coefficient (Wildman–Crippen LogP) is 3.70. The highest BCUT2D eigenvalue weighted by Crippen LogP contribution is 2.23. The Hall–Kier alpha value is -0.810.